The SMILES string of the molecule is O=Cc1cccc(OCC=CCBr)c1. The molecule has 1 rings (SSSR count). The van der Waals surface area contributed by atoms with Gasteiger partial charge in [-0.25, -0.2) is 0 Å². The first-order valence-electron chi connectivity index (χ1n) is 4.26. The second-order valence-corrected chi connectivity index (χ2v) is 3.27. The summed E-state index contributed by atoms with van der Waals surface area (Å²) in [5.41, 5.74) is 0.631. The third-order valence-electron chi connectivity index (χ3n) is 1.60. The highest BCUT2D eigenvalue weighted by atomic mass is 79.9. The topological polar surface area (TPSA) is 26.3 Å². The molecule has 0 N–H and O–H groups in total. The number of benzene rings is 1. The van der Waals surface area contributed by atoms with Crippen LogP contribution in [0.4, 0.5) is 0 Å². The number of hydrogen-bond donors (Lipinski definition) is 0. The Bertz CT molecular complexity index is 321. The third-order valence-corrected chi connectivity index (χ3v) is 1.97. The van der Waals surface area contributed by atoms with Gasteiger partial charge in [0, 0.05) is 10.9 Å². The molecule has 0 saturated heterocycles. The lowest BCUT2D eigenvalue weighted by molar-refractivity contribution is 0.112. The van der Waals surface area contributed by atoms with E-state index >= 15 is 0 Å². The van der Waals surface area contributed by atoms with E-state index < -0.39 is 0 Å². The zero-order chi connectivity index (χ0) is 10.2. The van der Waals surface area contributed by atoms with Crippen molar-refractivity contribution in [2.24, 2.45) is 0 Å². The van der Waals surface area contributed by atoms with Gasteiger partial charge in [-0.3, -0.25) is 4.79 Å². The largest absolute Gasteiger partial charge is 0.490 e. The zero-order valence-electron chi connectivity index (χ0n) is 7.65. The molecule has 14 heavy (non-hydrogen) atoms. The predicted octanol–water partition coefficient (Wildman–Crippen LogP) is 2.83. The van der Waals surface area contributed by atoms with Crippen molar-refractivity contribution >= 4 is 22.2 Å². The molecule has 1 aromatic rings. The molecule has 0 aliphatic heterocycles. The van der Waals surface area contributed by atoms with Gasteiger partial charge in [0.15, 0.2) is 0 Å². The third kappa shape index (κ3) is 3.75. The number of aldehydes is 1. The molecule has 0 bridgehead atoms. The van der Waals surface area contributed by atoms with Gasteiger partial charge in [0.25, 0.3) is 0 Å². The molecule has 0 spiro atoms. The minimum absolute atomic E-state index is 0.522. The van der Waals surface area contributed by atoms with Crippen LogP contribution in [0.3, 0.4) is 0 Å². The average Bonchev–Trinajstić information content (AvgIpc) is 2.25. The van der Waals surface area contributed by atoms with Crippen LogP contribution < -0.4 is 4.74 Å². The van der Waals surface area contributed by atoms with E-state index in [1.54, 1.807) is 18.2 Å². The van der Waals surface area contributed by atoms with E-state index in [0.717, 1.165) is 11.6 Å². The maximum atomic E-state index is 10.5. The summed E-state index contributed by atoms with van der Waals surface area (Å²) >= 11 is 3.27. The number of carbonyl (C=O) groups excluding carboxylic acids is 1. The van der Waals surface area contributed by atoms with Gasteiger partial charge < -0.3 is 4.74 Å². The molecule has 0 aromatic heterocycles. The van der Waals surface area contributed by atoms with Crippen LogP contribution in [0.1, 0.15) is 10.4 Å². The maximum Gasteiger partial charge on any atom is 0.150 e. The van der Waals surface area contributed by atoms with E-state index in [-0.39, 0.29) is 0 Å². The van der Waals surface area contributed by atoms with E-state index in [2.05, 4.69) is 15.9 Å². The van der Waals surface area contributed by atoms with Crippen molar-refractivity contribution in [1.82, 2.24) is 0 Å². The molecule has 0 aliphatic rings. The van der Waals surface area contributed by atoms with Crippen LogP contribution in [-0.4, -0.2) is 18.2 Å². The van der Waals surface area contributed by atoms with Crippen LogP contribution >= 0.6 is 15.9 Å². The first-order chi connectivity index (χ1) is 6.86. The van der Waals surface area contributed by atoms with Crippen LogP contribution in [0, 0.1) is 0 Å². The summed E-state index contributed by atoms with van der Waals surface area (Å²) in [4.78, 5) is 10.5. The Kier molecular flexibility index (Phi) is 5.00. The number of allylic oxidation sites excluding steroid dienone is 1. The van der Waals surface area contributed by atoms with Crippen LogP contribution in [0.15, 0.2) is 36.4 Å². The molecule has 0 fully saturated rings. The summed E-state index contributed by atoms with van der Waals surface area (Å²) in [6.07, 6.45) is 4.69. The van der Waals surface area contributed by atoms with Gasteiger partial charge in [0.1, 0.15) is 18.6 Å². The Morgan fingerprint density at radius 1 is 1.36 bits per heavy atom. The molecule has 0 saturated carbocycles. The zero-order valence-corrected chi connectivity index (χ0v) is 9.24. The molecule has 0 unspecified atom stereocenters. The van der Waals surface area contributed by atoms with Gasteiger partial charge in [-0.15, -0.1) is 0 Å². The fourth-order valence-corrected chi connectivity index (χ4v) is 1.22. The number of rotatable bonds is 5. The van der Waals surface area contributed by atoms with E-state index in [1.807, 2.05) is 18.2 Å². The smallest absolute Gasteiger partial charge is 0.150 e. The number of halogens is 1. The van der Waals surface area contributed by atoms with E-state index in [0.29, 0.717) is 17.9 Å². The summed E-state index contributed by atoms with van der Waals surface area (Å²) in [7, 11) is 0. The highest BCUT2D eigenvalue weighted by Gasteiger charge is 1.93. The molecular weight excluding hydrogens is 244 g/mol. The Balaban J connectivity index is 2.50. The monoisotopic (exact) mass is 254 g/mol. The Labute approximate surface area is 91.7 Å². The van der Waals surface area contributed by atoms with Crippen molar-refractivity contribution in [1.29, 1.82) is 0 Å². The summed E-state index contributed by atoms with van der Waals surface area (Å²) in [6, 6.07) is 7.09. The van der Waals surface area contributed by atoms with Gasteiger partial charge in [-0.2, -0.15) is 0 Å². The second kappa shape index (κ2) is 6.38. The van der Waals surface area contributed by atoms with Crippen LogP contribution in [0.5, 0.6) is 5.75 Å². The lowest BCUT2D eigenvalue weighted by Gasteiger charge is -2.02. The molecule has 3 heteroatoms. The second-order valence-electron chi connectivity index (χ2n) is 2.63. The van der Waals surface area contributed by atoms with Crippen molar-refractivity contribution in [3.8, 4) is 5.75 Å². The average molecular weight is 255 g/mol. The van der Waals surface area contributed by atoms with Crippen LogP contribution in [-0.2, 0) is 0 Å². The normalized spacial score (nSPS) is 10.4. The van der Waals surface area contributed by atoms with E-state index in [4.69, 9.17) is 4.74 Å². The standard InChI is InChI=1S/C11H11BrO2/c12-6-1-2-7-14-11-5-3-4-10(8-11)9-13/h1-5,8-9H,6-7H2. The molecule has 74 valence electrons. The van der Waals surface area contributed by atoms with Gasteiger partial charge in [0.05, 0.1) is 0 Å². The van der Waals surface area contributed by atoms with Gasteiger partial charge >= 0.3 is 0 Å². The molecule has 0 atom stereocenters. The van der Waals surface area contributed by atoms with Crippen LogP contribution in [0.25, 0.3) is 0 Å². The summed E-state index contributed by atoms with van der Waals surface area (Å²) in [5.74, 6) is 0.717. The highest BCUT2D eigenvalue weighted by Crippen LogP contribution is 2.11. The molecule has 0 aliphatic carbocycles. The fourth-order valence-electron chi connectivity index (χ4n) is 0.953. The predicted molar refractivity (Wildman–Crippen MR) is 60.3 cm³/mol. The van der Waals surface area contributed by atoms with Crippen molar-refractivity contribution in [3.63, 3.8) is 0 Å². The van der Waals surface area contributed by atoms with Crippen molar-refractivity contribution < 1.29 is 9.53 Å². The van der Waals surface area contributed by atoms with E-state index in [1.165, 1.54) is 0 Å². The first-order valence-corrected chi connectivity index (χ1v) is 5.38. The molecule has 2 nitrogen and oxygen atoms in total. The lowest BCUT2D eigenvalue weighted by atomic mass is 10.2. The van der Waals surface area contributed by atoms with Crippen LogP contribution in [0.2, 0.25) is 0 Å². The van der Waals surface area contributed by atoms with E-state index in [9.17, 15) is 4.79 Å². The molecule has 0 amide bonds. The Morgan fingerprint density at radius 3 is 2.93 bits per heavy atom. The Morgan fingerprint density at radius 2 is 2.21 bits per heavy atom. The van der Waals surface area contributed by atoms with Gasteiger partial charge in [0.2, 0.25) is 0 Å². The Hall–Kier alpha value is -1.09. The van der Waals surface area contributed by atoms with Crippen molar-refractivity contribution in [2.45, 2.75) is 0 Å². The summed E-state index contributed by atoms with van der Waals surface area (Å²) in [6.45, 7) is 0.522. The number of carbonyl (C=O) groups is 1. The summed E-state index contributed by atoms with van der Waals surface area (Å²) in [5, 5.41) is 0.824. The van der Waals surface area contributed by atoms with Gasteiger partial charge in [-0.1, -0.05) is 40.2 Å². The lowest BCUT2D eigenvalue weighted by Crippen LogP contribution is -1.93. The minimum atomic E-state index is 0.522. The fraction of sp³-hybridized carbons (Fsp3) is 0.182. The van der Waals surface area contributed by atoms with Crippen molar-refractivity contribution in [2.75, 3.05) is 11.9 Å². The first kappa shape index (κ1) is 11.0. The van der Waals surface area contributed by atoms with Gasteiger partial charge in [-0.05, 0) is 12.1 Å². The number of ether oxygens (including phenoxy) is 1. The highest BCUT2D eigenvalue weighted by molar-refractivity contribution is 9.09. The number of hydrogen-bond acceptors (Lipinski definition) is 2. The molecule has 0 heterocycles. The molecule has 0 radical (unpaired) electrons. The maximum absolute atomic E-state index is 10.5. The number of alkyl halides is 1. The molecule has 1 aromatic carbocycles. The molecular formula is C11H11BrO2. The minimum Gasteiger partial charge on any atom is -0.490 e. The summed E-state index contributed by atoms with van der Waals surface area (Å²) < 4.78 is 5.38. The van der Waals surface area contributed by atoms with Crippen molar-refractivity contribution in [3.05, 3.63) is 42.0 Å². The quantitative estimate of drug-likeness (QED) is 0.459.